The van der Waals surface area contributed by atoms with Crippen LogP contribution in [0.1, 0.15) is 29.2 Å². The summed E-state index contributed by atoms with van der Waals surface area (Å²) in [6.45, 7) is 2.37. The lowest BCUT2D eigenvalue weighted by Gasteiger charge is -2.25. The molecule has 116 valence electrons. The number of ether oxygens (including phenoxy) is 2. The van der Waals surface area contributed by atoms with E-state index in [2.05, 4.69) is 6.07 Å². The Balaban J connectivity index is 1.98. The van der Waals surface area contributed by atoms with Gasteiger partial charge in [-0.2, -0.15) is 5.26 Å². The van der Waals surface area contributed by atoms with Crippen LogP contribution in [0.4, 0.5) is 4.79 Å². The van der Waals surface area contributed by atoms with Crippen LogP contribution < -0.4 is 10.5 Å². The van der Waals surface area contributed by atoms with E-state index >= 15 is 0 Å². The maximum atomic E-state index is 11.0. The molecule has 2 N–H and O–H groups in total. The first-order valence-electron chi connectivity index (χ1n) is 7.32. The standard InChI is InChI=1S/C18H16N2O3/c1-11-2-3-12(8-14(11)10-19)13-4-5-15-16(23-18(20)21)6-7-22-17(15)9-13/h2-5,8-9,16H,6-7H2,1H3,(H2,20,21). The molecule has 0 saturated heterocycles. The topological polar surface area (TPSA) is 85.3 Å². The van der Waals surface area contributed by atoms with Crippen LogP contribution >= 0.6 is 0 Å². The van der Waals surface area contributed by atoms with Crippen LogP contribution in [0, 0.1) is 18.3 Å². The summed E-state index contributed by atoms with van der Waals surface area (Å²) in [5.41, 5.74) is 9.41. The van der Waals surface area contributed by atoms with Crippen molar-refractivity contribution >= 4 is 6.09 Å². The predicted octanol–water partition coefficient (Wildman–Crippen LogP) is 3.45. The van der Waals surface area contributed by atoms with E-state index in [9.17, 15) is 4.79 Å². The van der Waals surface area contributed by atoms with Gasteiger partial charge >= 0.3 is 6.09 Å². The van der Waals surface area contributed by atoms with E-state index < -0.39 is 6.09 Å². The highest BCUT2D eigenvalue weighted by atomic mass is 16.6. The van der Waals surface area contributed by atoms with Crippen molar-refractivity contribution in [2.45, 2.75) is 19.4 Å². The van der Waals surface area contributed by atoms with Gasteiger partial charge in [0.1, 0.15) is 11.9 Å². The fraction of sp³-hybridized carbons (Fsp3) is 0.222. The molecule has 23 heavy (non-hydrogen) atoms. The molecule has 0 saturated carbocycles. The molecule has 1 unspecified atom stereocenters. The van der Waals surface area contributed by atoms with Crippen molar-refractivity contribution in [3.63, 3.8) is 0 Å². The Morgan fingerprint density at radius 2 is 2.04 bits per heavy atom. The lowest BCUT2D eigenvalue weighted by Crippen LogP contribution is -2.22. The molecule has 0 aliphatic carbocycles. The second-order valence-corrected chi connectivity index (χ2v) is 5.46. The number of carbonyl (C=O) groups is 1. The number of hydrogen-bond donors (Lipinski definition) is 1. The Morgan fingerprint density at radius 1 is 1.30 bits per heavy atom. The van der Waals surface area contributed by atoms with E-state index in [1.54, 1.807) is 0 Å². The highest BCUT2D eigenvalue weighted by Gasteiger charge is 2.24. The largest absolute Gasteiger partial charge is 0.493 e. The normalized spacial score (nSPS) is 15.9. The van der Waals surface area contributed by atoms with Gasteiger partial charge in [0.25, 0.3) is 0 Å². The third-order valence-corrected chi connectivity index (χ3v) is 3.95. The summed E-state index contributed by atoms with van der Waals surface area (Å²) in [7, 11) is 0. The SMILES string of the molecule is Cc1ccc(-c2ccc3c(c2)OCCC3OC(N)=O)cc1C#N. The second-order valence-electron chi connectivity index (χ2n) is 5.46. The molecule has 0 aromatic heterocycles. The fourth-order valence-electron chi connectivity index (χ4n) is 2.72. The summed E-state index contributed by atoms with van der Waals surface area (Å²) in [4.78, 5) is 11.0. The number of benzene rings is 2. The summed E-state index contributed by atoms with van der Waals surface area (Å²) in [5.74, 6) is 0.680. The first kappa shape index (κ1) is 14.9. The van der Waals surface area contributed by atoms with E-state index in [1.165, 1.54) is 0 Å². The van der Waals surface area contributed by atoms with Crippen LogP contribution in [-0.2, 0) is 4.74 Å². The minimum absolute atomic E-state index is 0.377. The van der Waals surface area contributed by atoms with Gasteiger partial charge in [0.15, 0.2) is 0 Å². The lowest BCUT2D eigenvalue weighted by molar-refractivity contribution is 0.0766. The molecule has 3 rings (SSSR count). The summed E-state index contributed by atoms with van der Waals surface area (Å²) in [6, 6.07) is 13.7. The quantitative estimate of drug-likeness (QED) is 0.920. The second kappa shape index (κ2) is 6.01. The van der Waals surface area contributed by atoms with Gasteiger partial charge in [-0.05, 0) is 35.7 Å². The van der Waals surface area contributed by atoms with Crippen LogP contribution in [0.15, 0.2) is 36.4 Å². The molecule has 1 atom stereocenters. The Bertz CT molecular complexity index is 808. The highest BCUT2D eigenvalue weighted by Crippen LogP contribution is 2.37. The van der Waals surface area contributed by atoms with Gasteiger partial charge in [0.05, 0.1) is 18.2 Å². The number of aryl methyl sites for hydroxylation is 1. The molecule has 1 aliphatic rings. The van der Waals surface area contributed by atoms with Crippen LogP contribution in [0.25, 0.3) is 11.1 Å². The summed E-state index contributed by atoms with van der Waals surface area (Å²) in [5, 5.41) is 9.17. The van der Waals surface area contributed by atoms with Crippen molar-refractivity contribution in [3.05, 3.63) is 53.1 Å². The van der Waals surface area contributed by atoms with Crippen molar-refractivity contribution in [1.29, 1.82) is 5.26 Å². The Labute approximate surface area is 134 Å². The molecule has 0 radical (unpaired) electrons. The van der Waals surface area contributed by atoms with Crippen molar-refractivity contribution < 1.29 is 14.3 Å². The van der Waals surface area contributed by atoms with Gasteiger partial charge in [0.2, 0.25) is 0 Å². The zero-order valence-electron chi connectivity index (χ0n) is 12.7. The molecule has 5 nitrogen and oxygen atoms in total. The number of nitrogens with zero attached hydrogens (tertiary/aromatic N) is 1. The van der Waals surface area contributed by atoms with E-state index in [0.717, 1.165) is 22.3 Å². The average Bonchev–Trinajstić information content (AvgIpc) is 2.54. The molecule has 1 aliphatic heterocycles. The van der Waals surface area contributed by atoms with Gasteiger partial charge < -0.3 is 15.2 Å². The summed E-state index contributed by atoms with van der Waals surface area (Å²) in [6.07, 6.45) is -0.583. The van der Waals surface area contributed by atoms with Crippen LogP contribution in [0.3, 0.4) is 0 Å². The van der Waals surface area contributed by atoms with E-state index in [-0.39, 0.29) is 6.10 Å². The molecule has 5 heteroatoms. The molecule has 2 aromatic carbocycles. The first-order valence-corrected chi connectivity index (χ1v) is 7.32. The van der Waals surface area contributed by atoms with Gasteiger partial charge in [-0.3, -0.25) is 0 Å². The molecule has 0 bridgehead atoms. The number of nitrogens with two attached hydrogens (primary N) is 1. The van der Waals surface area contributed by atoms with Crippen LogP contribution in [0.5, 0.6) is 5.75 Å². The third kappa shape index (κ3) is 2.97. The van der Waals surface area contributed by atoms with Gasteiger partial charge in [-0.25, -0.2) is 4.79 Å². The molecule has 1 heterocycles. The lowest BCUT2D eigenvalue weighted by atomic mass is 9.96. The smallest absolute Gasteiger partial charge is 0.405 e. The van der Waals surface area contributed by atoms with Crippen LogP contribution in [-0.4, -0.2) is 12.7 Å². The first-order chi connectivity index (χ1) is 11.1. The average molecular weight is 308 g/mol. The van der Waals surface area contributed by atoms with Crippen molar-refractivity contribution in [3.8, 4) is 22.9 Å². The van der Waals surface area contributed by atoms with E-state index in [4.69, 9.17) is 20.5 Å². The molecule has 2 aromatic rings. The molecule has 1 amide bonds. The fourth-order valence-corrected chi connectivity index (χ4v) is 2.72. The number of fused-ring (bicyclic) bond motifs is 1. The monoisotopic (exact) mass is 308 g/mol. The zero-order chi connectivity index (χ0) is 16.4. The highest BCUT2D eigenvalue weighted by molar-refractivity contribution is 5.69. The number of hydrogen-bond acceptors (Lipinski definition) is 4. The number of nitriles is 1. The molecule has 0 fully saturated rings. The molecular weight excluding hydrogens is 292 g/mol. The minimum Gasteiger partial charge on any atom is -0.493 e. The van der Waals surface area contributed by atoms with Gasteiger partial charge in [0, 0.05) is 12.0 Å². The number of rotatable bonds is 2. The number of amides is 1. The Kier molecular flexibility index (Phi) is 3.90. The minimum atomic E-state index is -0.788. The summed E-state index contributed by atoms with van der Waals surface area (Å²) < 4.78 is 10.8. The van der Waals surface area contributed by atoms with E-state index in [0.29, 0.717) is 24.3 Å². The molecule has 0 spiro atoms. The van der Waals surface area contributed by atoms with Crippen molar-refractivity contribution in [1.82, 2.24) is 0 Å². The number of primary amides is 1. The van der Waals surface area contributed by atoms with Crippen molar-refractivity contribution in [2.75, 3.05) is 6.61 Å². The Morgan fingerprint density at radius 3 is 2.78 bits per heavy atom. The predicted molar refractivity (Wildman–Crippen MR) is 84.9 cm³/mol. The maximum absolute atomic E-state index is 11.0. The van der Waals surface area contributed by atoms with Gasteiger partial charge in [-0.15, -0.1) is 0 Å². The van der Waals surface area contributed by atoms with Gasteiger partial charge in [-0.1, -0.05) is 24.3 Å². The third-order valence-electron chi connectivity index (χ3n) is 3.95. The Hall–Kier alpha value is -3.00. The molecular formula is C18H16N2O3. The van der Waals surface area contributed by atoms with E-state index in [1.807, 2.05) is 43.3 Å². The summed E-state index contributed by atoms with van der Waals surface area (Å²) >= 11 is 0. The maximum Gasteiger partial charge on any atom is 0.405 e. The van der Waals surface area contributed by atoms with Crippen molar-refractivity contribution in [2.24, 2.45) is 5.73 Å². The van der Waals surface area contributed by atoms with Crippen LogP contribution in [0.2, 0.25) is 0 Å². The number of carbonyl (C=O) groups excluding carboxylic acids is 1. The zero-order valence-corrected chi connectivity index (χ0v) is 12.7.